The quantitative estimate of drug-likeness (QED) is 0.525. The second-order valence-corrected chi connectivity index (χ2v) is 8.48. The number of benzene rings is 1. The molecule has 0 aliphatic carbocycles. The van der Waals surface area contributed by atoms with Gasteiger partial charge in [-0.3, -0.25) is 0 Å². The molecule has 0 amide bonds. The molecular weight excluding hydrogens is 432 g/mol. The zero-order valence-electron chi connectivity index (χ0n) is 17.0. The Bertz CT molecular complexity index is 839. The lowest BCUT2D eigenvalue weighted by Gasteiger charge is -2.20. The highest BCUT2D eigenvalue weighted by atomic mass is 79.9. The van der Waals surface area contributed by atoms with Crippen molar-refractivity contribution in [3.05, 3.63) is 28.2 Å². The topological polar surface area (TPSA) is 72.8 Å². The van der Waals surface area contributed by atoms with Crippen LogP contribution in [0.25, 0.3) is 0 Å². The monoisotopic (exact) mass is 458 g/mol. The number of nitrogens with one attached hydrogen (secondary N) is 1. The van der Waals surface area contributed by atoms with E-state index in [0.717, 1.165) is 53.8 Å². The van der Waals surface area contributed by atoms with Crippen LogP contribution in [0.2, 0.25) is 0 Å². The Morgan fingerprint density at radius 2 is 1.55 bits per heavy atom. The molecule has 1 aromatic carbocycles. The van der Waals surface area contributed by atoms with Gasteiger partial charge in [-0.25, -0.2) is 5.43 Å². The van der Waals surface area contributed by atoms with Gasteiger partial charge >= 0.3 is 0 Å². The van der Waals surface area contributed by atoms with Crippen LogP contribution in [-0.2, 0) is 0 Å². The molecule has 2 aliphatic heterocycles. The first-order chi connectivity index (χ1) is 14.1. The zero-order chi connectivity index (χ0) is 20.2. The molecule has 3 heterocycles. The van der Waals surface area contributed by atoms with Gasteiger partial charge in [0.1, 0.15) is 0 Å². The molecule has 2 aromatic rings. The highest BCUT2D eigenvalue weighted by molar-refractivity contribution is 9.10. The summed E-state index contributed by atoms with van der Waals surface area (Å²) in [4.78, 5) is 20.5. The molecule has 2 saturated heterocycles. The third-order valence-corrected chi connectivity index (χ3v) is 5.86. The van der Waals surface area contributed by atoms with Gasteiger partial charge in [0.2, 0.25) is 17.8 Å². The summed E-state index contributed by atoms with van der Waals surface area (Å²) in [6.45, 7) is 3.99. The van der Waals surface area contributed by atoms with Crippen molar-refractivity contribution in [2.24, 2.45) is 5.10 Å². The van der Waals surface area contributed by atoms with Crippen LogP contribution in [0.3, 0.4) is 0 Å². The van der Waals surface area contributed by atoms with Crippen LogP contribution < -0.4 is 20.1 Å². The van der Waals surface area contributed by atoms with Gasteiger partial charge in [0.05, 0.1) is 11.9 Å². The molecule has 1 N–H and O–H groups in total. The molecule has 0 bridgehead atoms. The molecule has 0 unspecified atom stereocenters. The summed E-state index contributed by atoms with van der Waals surface area (Å²) in [5.74, 6) is 1.98. The smallest absolute Gasteiger partial charge is 0.250 e. The first-order valence-electron chi connectivity index (χ1n) is 10.1. The maximum Gasteiger partial charge on any atom is 0.250 e. The normalized spacial score (nSPS) is 16.8. The van der Waals surface area contributed by atoms with Crippen LogP contribution in [0.1, 0.15) is 31.2 Å². The van der Waals surface area contributed by atoms with E-state index in [-0.39, 0.29) is 0 Å². The average Bonchev–Trinajstić information content (AvgIpc) is 3.42. The highest BCUT2D eigenvalue weighted by Crippen LogP contribution is 2.25. The van der Waals surface area contributed by atoms with Gasteiger partial charge in [-0.2, -0.15) is 20.1 Å². The van der Waals surface area contributed by atoms with E-state index in [9.17, 15) is 0 Å². The maximum atomic E-state index is 4.73. The number of hydrogen-bond donors (Lipinski definition) is 1. The minimum atomic E-state index is 0.490. The maximum absolute atomic E-state index is 4.73. The Morgan fingerprint density at radius 1 is 0.966 bits per heavy atom. The number of nitrogens with zero attached hydrogens (tertiary/aromatic N) is 7. The zero-order valence-corrected chi connectivity index (χ0v) is 18.6. The van der Waals surface area contributed by atoms with Gasteiger partial charge in [0.15, 0.2) is 0 Å². The SMILES string of the molecule is CN(C)c1ccc(/C=N\Nc2nc(N3CCCC3)nc(N3CCCC3)n2)cc1Br. The van der Waals surface area contributed by atoms with Crippen molar-refractivity contribution in [3.8, 4) is 0 Å². The fourth-order valence-corrected chi connectivity index (χ4v) is 4.40. The summed E-state index contributed by atoms with van der Waals surface area (Å²) in [6, 6.07) is 6.13. The molecule has 0 saturated carbocycles. The molecule has 1 aromatic heterocycles. The van der Waals surface area contributed by atoms with E-state index in [4.69, 9.17) is 4.98 Å². The number of anilines is 4. The predicted octanol–water partition coefficient (Wildman–Crippen LogP) is 3.35. The first kappa shape index (κ1) is 19.9. The molecule has 0 atom stereocenters. The van der Waals surface area contributed by atoms with Gasteiger partial charge in [-0.05, 0) is 59.3 Å². The van der Waals surface area contributed by atoms with Gasteiger partial charge in [-0.15, -0.1) is 0 Å². The van der Waals surface area contributed by atoms with Gasteiger partial charge in [0.25, 0.3) is 0 Å². The Labute approximate surface area is 180 Å². The van der Waals surface area contributed by atoms with Crippen LogP contribution in [0.4, 0.5) is 23.5 Å². The minimum absolute atomic E-state index is 0.490. The lowest BCUT2D eigenvalue weighted by molar-refractivity contribution is 0.838. The molecule has 9 heteroatoms. The molecule has 0 radical (unpaired) electrons. The highest BCUT2D eigenvalue weighted by Gasteiger charge is 2.21. The van der Waals surface area contributed by atoms with Gasteiger partial charge in [-0.1, -0.05) is 6.07 Å². The lowest BCUT2D eigenvalue weighted by atomic mass is 10.2. The average molecular weight is 459 g/mol. The van der Waals surface area contributed by atoms with Gasteiger partial charge in [0, 0.05) is 44.7 Å². The third-order valence-electron chi connectivity index (χ3n) is 5.22. The minimum Gasteiger partial charge on any atom is -0.377 e. The van der Waals surface area contributed by atoms with E-state index in [1.807, 2.05) is 26.2 Å². The standard InChI is InChI=1S/C20H27BrN8/c1-27(2)17-8-7-15(13-16(17)21)14-22-26-18-23-19(28-9-3-4-10-28)25-20(24-18)29-11-5-6-12-29/h7-8,13-14H,3-6,9-12H2,1-2H3,(H,23,24,25,26)/b22-14-. The van der Waals surface area contributed by atoms with E-state index in [1.54, 1.807) is 6.21 Å². The predicted molar refractivity (Wildman–Crippen MR) is 122 cm³/mol. The van der Waals surface area contributed by atoms with Crippen LogP contribution in [0.5, 0.6) is 0 Å². The third kappa shape index (κ3) is 4.77. The fourth-order valence-electron chi connectivity index (χ4n) is 3.65. The number of hydrogen-bond acceptors (Lipinski definition) is 8. The second-order valence-electron chi connectivity index (χ2n) is 7.62. The van der Waals surface area contributed by atoms with Crippen molar-refractivity contribution >= 4 is 45.7 Å². The van der Waals surface area contributed by atoms with E-state index >= 15 is 0 Å². The van der Waals surface area contributed by atoms with Crippen molar-refractivity contribution in [3.63, 3.8) is 0 Å². The summed E-state index contributed by atoms with van der Waals surface area (Å²) < 4.78 is 1.03. The second kappa shape index (κ2) is 8.94. The Morgan fingerprint density at radius 3 is 2.07 bits per heavy atom. The molecule has 2 fully saturated rings. The van der Waals surface area contributed by atoms with Crippen LogP contribution >= 0.6 is 15.9 Å². The molecule has 0 spiro atoms. The van der Waals surface area contributed by atoms with Crippen molar-refractivity contribution < 1.29 is 0 Å². The molecule has 29 heavy (non-hydrogen) atoms. The summed E-state index contributed by atoms with van der Waals surface area (Å²) in [5, 5.41) is 4.36. The number of hydrazone groups is 1. The molecule has 154 valence electrons. The lowest BCUT2D eigenvalue weighted by Crippen LogP contribution is -2.25. The van der Waals surface area contributed by atoms with Crippen LogP contribution in [0, 0.1) is 0 Å². The van der Waals surface area contributed by atoms with Crippen molar-refractivity contribution in [1.82, 2.24) is 15.0 Å². The molecule has 4 rings (SSSR count). The fraction of sp³-hybridized carbons (Fsp3) is 0.500. The van der Waals surface area contributed by atoms with E-state index in [0.29, 0.717) is 5.95 Å². The first-order valence-corrected chi connectivity index (χ1v) is 10.9. The molecular formula is C20H27BrN8. The van der Waals surface area contributed by atoms with E-state index in [2.05, 4.69) is 57.2 Å². The summed E-state index contributed by atoms with van der Waals surface area (Å²) in [5.41, 5.74) is 5.12. The van der Waals surface area contributed by atoms with Crippen molar-refractivity contribution in [1.29, 1.82) is 0 Å². The van der Waals surface area contributed by atoms with Gasteiger partial charge < -0.3 is 14.7 Å². The Kier molecular flexibility index (Phi) is 6.13. The molecule has 8 nitrogen and oxygen atoms in total. The Hall–Kier alpha value is -2.42. The summed E-state index contributed by atoms with van der Waals surface area (Å²) >= 11 is 3.61. The van der Waals surface area contributed by atoms with Crippen LogP contribution in [-0.4, -0.2) is 61.4 Å². The largest absolute Gasteiger partial charge is 0.377 e. The number of rotatable bonds is 6. The van der Waals surface area contributed by atoms with Crippen molar-refractivity contribution in [2.45, 2.75) is 25.7 Å². The Balaban J connectivity index is 1.52. The number of halogens is 1. The van der Waals surface area contributed by atoms with Crippen molar-refractivity contribution in [2.75, 3.05) is 60.4 Å². The summed E-state index contributed by atoms with van der Waals surface area (Å²) in [6.07, 6.45) is 6.51. The van der Waals surface area contributed by atoms with Crippen LogP contribution in [0.15, 0.2) is 27.8 Å². The number of aromatic nitrogens is 3. The van der Waals surface area contributed by atoms with E-state index < -0.39 is 0 Å². The molecule has 2 aliphatic rings. The summed E-state index contributed by atoms with van der Waals surface area (Å²) in [7, 11) is 4.04. The van der Waals surface area contributed by atoms with E-state index in [1.165, 1.54) is 25.7 Å².